The molecule has 4 heteroatoms. The molecule has 1 atom stereocenters. The highest BCUT2D eigenvalue weighted by Crippen LogP contribution is 2.19. The molecule has 1 aromatic rings. The topological polar surface area (TPSA) is 60.0 Å². The second-order valence-electron chi connectivity index (χ2n) is 5.22. The van der Waals surface area contributed by atoms with E-state index in [1.54, 1.807) is 18.4 Å². The molecule has 0 radical (unpaired) electrons. The predicted molar refractivity (Wildman–Crippen MR) is 90.9 cm³/mol. The maximum atomic E-state index is 8.80. The highest BCUT2D eigenvalue weighted by Gasteiger charge is 2.07. The van der Waals surface area contributed by atoms with E-state index in [9.17, 15) is 0 Å². The molecule has 0 N–H and O–H groups in total. The van der Waals surface area contributed by atoms with Gasteiger partial charge in [0.25, 0.3) is 0 Å². The van der Waals surface area contributed by atoms with E-state index in [4.69, 9.17) is 15.3 Å². The number of anilines is 1. The van der Waals surface area contributed by atoms with E-state index < -0.39 is 0 Å². The van der Waals surface area contributed by atoms with Gasteiger partial charge < -0.3 is 9.64 Å². The van der Waals surface area contributed by atoms with Gasteiger partial charge in [-0.1, -0.05) is 18.2 Å². The number of ether oxygens (including phenoxy) is 1. The van der Waals surface area contributed by atoms with Gasteiger partial charge in [0.15, 0.2) is 0 Å². The molecular formula is C19H17N3O. The van der Waals surface area contributed by atoms with Crippen LogP contribution >= 0.6 is 0 Å². The average Bonchev–Trinajstić information content (AvgIpc) is 2.58. The number of nitrogens with zero attached hydrogens (tertiary/aromatic N) is 3. The maximum absolute atomic E-state index is 8.80. The van der Waals surface area contributed by atoms with Gasteiger partial charge in [0, 0.05) is 25.7 Å². The summed E-state index contributed by atoms with van der Waals surface area (Å²) in [6.45, 7) is 0. The van der Waals surface area contributed by atoms with Gasteiger partial charge in [-0.25, -0.2) is 0 Å². The molecule has 1 aromatic carbocycles. The van der Waals surface area contributed by atoms with Crippen molar-refractivity contribution in [2.24, 2.45) is 5.92 Å². The molecule has 0 aliphatic carbocycles. The van der Waals surface area contributed by atoms with E-state index in [1.807, 2.05) is 73.6 Å². The van der Waals surface area contributed by atoms with Crippen LogP contribution in [0.1, 0.15) is 5.56 Å². The van der Waals surface area contributed by atoms with Gasteiger partial charge in [0.05, 0.1) is 6.26 Å². The summed E-state index contributed by atoms with van der Waals surface area (Å²) in [6, 6.07) is 11.9. The summed E-state index contributed by atoms with van der Waals surface area (Å²) in [5.41, 5.74) is 2.31. The smallest absolute Gasteiger partial charge is 0.126 e. The van der Waals surface area contributed by atoms with Gasteiger partial charge in [0.1, 0.15) is 23.5 Å². The van der Waals surface area contributed by atoms with Gasteiger partial charge in [-0.3, -0.25) is 0 Å². The number of hydrogen-bond donors (Lipinski definition) is 0. The number of rotatable bonds is 4. The standard InChI is InChI=1S/C19H17N3O/c1-22(2)18-6-3-15(4-7-18)5-8-19-12-16(9-10-23-19)11-17(13-20)14-21/h3-12,16H,1-2H3/b8-5+. The zero-order valence-corrected chi connectivity index (χ0v) is 13.1. The van der Waals surface area contributed by atoms with E-state index in [-0.39, 0.29) is 11.5 Å². The minimum Gasteiger partial charge on any atom is -0.466 e. The fourth-order valence-corrected chi connectivity index (χ4v) is 2.05. The van der Waals surface area contributed by atoms with Crippen molar-refractivity contribution in [3.05, 3.63) is 71.7 Å². The van der Waals surface area contributed by atoms with Gasteiger partial charge >= 0.3 is 0 Å². The molecule has 2 rings (SSSR count). The number of nitriles is 2. The van der Waals surface area contributed by atoms with Gasteiger partial charge in [-0.15, -0.1) is 0 Å². The summed E-state index contributed by atoms with van der Waals surface area (Å²) in [4.78, 5) is 2.05. The lowest BCUT2D eigenvalue weighted by molar-refractivity contribution is 0.354. The molecule has 0 saturated carbocycles. The highest BCUT2D eigenvalue weighted by molar-refractivity contribution is 5.57. The fraction of sp³-hybridized carbons (Fsp3) is 0.158. The first-order valence-corrected chi connectivity index (χ1v) is 7.15. The third-order valence-corrected chi connectivity index (χ3v) is 3.31. The summed E-state index contributed by atoms with van der Waals surface area (Å²) in [5, 5.41) is 17.6. The Hall–Kier alpha value is -3.24. The van der Waals surface area contributed by atoms with E-state index in [2.05, 4.69) is 0 Å². The Bertz CT molecular complexity index is 737. The minimum absolute atomic E-state index is 0.0976. The summed E-state index contributed by atoms with van der Waals surface area (Å²) in [7, 11) is 4.00. The lowest BCUT2D eigenvalue weighted by atomic mass is 10.0. The van der Waals surface area contributed by atoms with Gasteiger partial charge in [-0.05, 0) is 42.0 Å². The van der Waals surface area contributed by atoms with Crippen LogP contribution in [0.4, 0.5) is 5.69 Å². The number of benzene rings is 1. The molecule has 23 heavy (non-hydrogen) atoms. The summed E-state index contributed by atoms with van der Waals surface area (Å²) in [6.07, 6.45) is 10.7. The van der Waals surface area contributed by atoms with Crippen LogP contribution in [-0.2, 0) is 4.74 Å². The summed E-state index contributed by atoms with van der Waals surface area (Å²) < 4.78 is 5.43. The summed E-state index contributed by atoms with van der Waals surface area (Å²) >= 11 is 0. The van der Waals surface area contributed by atoms with E-state index in [0.717, 1.165) is 11.3 Å². The third-order valence-electron chi connectivity index (χ3n) is 3.31. The highest BCUT2D eigenvalue weighted by atomic mass is 16.5. The zero-order valence-electron chi connectivity index (χ0n) is 13.1. The van der Waals surface area contributed by atoms with Crippen molar-refractivity contribution in [1.82, 2.24) is 0 Å². The lowest BCUT2D eigenvalue weighted by Crippen LogP contribution is -2.07. The Kier molecular flexibility index (Phi) is 5.39. The van der Waals surface area contributed by atoms with Crippen molar-refractivity contribution in [2.75, 3.05) is 19.0 Å². The Labute approximate surface area is 136 Å². The van der Waals surface area contributed by atoms with Crippen LogP contribution in [0.2, 0.25) is 0 Å². The van der Waals surface area contributed by atoms with Crippen LogP contribution in [0.25, 0.3) is 6.08 Å². The minimum atomic E-state index is -0.117. The molecule has 0 fully saturated rings. The molecule has 1 unspecified atom stereocenters. The lowest BCUT2D eigenvalue weighted by Gasteiger charge is -2.12. The Morgan fingerprint density at radius 1 is 1.13 bits per heavy atom. The van der Waals surface area contributed by atoms with E-state index in [0.29, 0.717) is 5.76 Å². The molecule has 4 nitrogen and oxygen atoms in total. The Morgan fingerprint density at radius 2 is 1.83 bits per heavy atom. The fourth-order valence-electron chi connectivity index (χ4n) is 2.05. The second-order valence-corrected chi connectivity index (χ2v) is 5.22. The molecule has 1 heterocycles. The van der Waals surface area contributed by atoms with Gasteiger partial charge in [-0.2, -0.15) is 10.5 Å². The van der Waals surface area contributed by atoms with Crippen molar-refractivity contribution in [1.29, 1.82) is 10.5 Å². The monoisotopic (exact) mass is 303 g/mol. The predicted octanol–water partition coefficient (Wildman–Crippen LogP) is 3.78. The number of allylic oxidation sites excluding steroid dienone is 5. The van der Waals surface area contributed by atoms with Crippen LogP contribution < -0.4 is 4.90 Å². The SMILES string of the molecule is CN(C)c1ccc(/C=C/C2=CC(C=C(C#N)C#N)C=CO2)cc1. The largest absolute Gasteiger partial charge is 0.466 e. The quantitative estimate of drug-likeness (QED) is 0.794. The van der Waals surface area contributed by atoms with Crippen LogP contribution in [0.3, 0.4) is 0 Å². The first-order valence-electron chi connectivity index (χ1n) is 7.15. The summed E-state index contributed by atoms with van der Waals surface area (Å²) in [5.74, 6) is 0.564. The first kappa shape index (κ1) is 16.1. The number of hydrogen-bond acceptors (Lipinski definition) is 4. The van der Waals surface area contributed by atoms with Crippen molar-refractivity contribution < 1.29 is 4.74 Å². The Morgan fingerprint density at radius 3 is 2.43 bits per heavy atom. The van der Waals surface area contributed by atoms with Crippen LogP contribution in [-0.4, -0.2) is 14.1 Å². The molecule has 0 aromatic heterocycles. The maximum Gasteiger partial charge on any atom is 0.126 e. The van der Waals surface area contributed by atoms with Crippen LogP contribution in [0.15, 0.2) is 66.2 Å². The van der Waals surface area contributed by atoms with Crippen molar-refractivity contribution >= 4 is 11.8 Å². The third kappa shape index (κ3) is 4.62. The molecule has 114 valence electrons. The van der Waals surface area contributed by atoms with Crippen molar-refractivity contribution in [3.8, 4) is 12.1 Å². The van der Waals surface area contributed by atoms with Crippen LogP contribution in [0, 0.1) is 28.6 Å². The van der Waals surface area contributed by atoms with Crippen molar-refractivity contribution in [3.63, 3.8) is 0 Å². The van der Waals surface area contributed by atoms with Gasteiger partial charge in [0.2, 0.25) is 0 Å². The van der Waals surface area contributed by atoms with Crippen LogP contribution in [0.5, 0.6) is 0 Å². The van der Waals surface area contributed by atoms with E-state index in [1.165, 1.54) is 0 Å². The molecular weight excluding hydrogens is 286 g/mol. The normalized spacial score (nSPS) is 16.0. The average molecular weight is 303 g/mol. The molecule has 0 spiro atoms. The molecule has 1 aliphatic rings. The molecule has 0 amide bonds. The first-order chi connectivity index (χ1) is 11.1. The Balaban J connectivity index is 2.10. The molecule has 1 aliphatic heterocycles. The second kappa shape index (κ2) is 7.68. The zero-order chi connectivity index (χ0) is 16.7. The molecule has 0 bridgehead atoms. The molecule has 0 saturated heterocycles. The van der Waals surface area contributed by atoms with Crippen molar-refractivity contribution in [2.45, 2.75) is 0 Å². The van der Waals surface area contributed by atoms with E-state index >= 15 is 0 Å².